The third-order valence-electron chi connectivity index (χ3n) is 2.60. The maximum atomic E-state index is 11.8. The fourth-order valence-electron chi connectivity index (χ4n) is 1.51. The molecule has 0 saturated carbocycles. The van der Waals surface area contributed by atoms with Crippen LogP contribution >= 0.6 is 0 Å². The predicted molar refractivity (Wildman–Crippen MR) is 68.3 cm³/mol. The van der Waals surface area contributed by atoms with Gasteiger partial charge in [-0.25, -0.2) is 0 Å². The van der Waals surface area contributed by atoms with E-state index in [2.05, 4.69) is 10.6 Å². The fraction of sp³-hybridized carbons (Fsp3) is 0.833. The second-order valence-corrected chi connectivity index (χ2v) is 5.32. The van der Waals surface area contributed by atoms with Crippen molar-refractivity contribution < 1.29 is 9.59 Å². The summed E-state index contributed by atoms with van der Waals surface area (Å²) < 4.78 is 0. The highest BCUT2D eigenvalue weighted by Gasteiger charge is 2.32. The van der Waals surface area contributed by atoms with Crippen LogP contribution in [0.2, 0.25) is 0 Å². The topological polar surface area (TPSA) is 84.2 Å². The number of hydrogen-bond acceptors (Lipinski definition) is 3. The first-order chi connectivity index (χ1) is 7.73. The highest BCUT2D eigenvalue weighted by atomic mass is 16.2. The van der Waals surface area contributed by atoms with Crippen molar-refractivity contribution in [1.29, 1.82) is 0 Å². The second kappa shape index (κ2) is 6.59. The number of rotatable bonds is 5. The van der Waals surface area contributed by atoms with E-state index in [-0.39, 0.29) is 17.2 Å². The summed E-state index contributed by atoms with van der Waals surface area (Å²) in [6.45, 7) is 7.67. The zero-order valence-electron chi connectivity index (χ0n) is 11.5. The molecular weight excluding hydrogens is 218 g/mol. The van der Waals surface area contributed by atoms with Crippen molar-refractivity contribution in [3.05, 3.63) is 0 Å². The average Bonchev–Trinajstić information content (AvgIpc) is 2.23. The molecule has 0 rings (SSSR count). The molecule has 0 unspecified atom stereocenters. The van der Waals surface area contributed by atoms with Crippen molar-refractivity contribution in [2.24, 2.45) is 11.1 Å². The Hall–Kier alpha value is -1.10. The molecule has 0 bridgehead atoms. The lowest BCUT2D eigenvalue weighted by Crippen LogP contribution is -2.56. The molecule has 0 radical (unpaired) electrons. The molecule has 5 nitrogen and oxygen atoms in total. The first-order valence-corrected chi connectivity index (χ1v) is 6.01. The Labute approximate surface area is 104 Å². The van der Waals surface area contributed by atoms with Crippen LogP contribution in [0.3, 0.4) is 0 Å². The summed E-state index contributed by atoms with van der Waals surface area (Å²) in [5.41, 5.74) is 5.37. The highest BCUT2D eigenvalue weighted by Crippen LogP contribution is 2.19. The van der Waals surface area contributed by atoms with Gasteiger partial charge in [-0.1, -0.05) is 34.1 Å². The molecule has 0 spiro atoms. The summed E-state index contributed by atoms with van der Waals surface area (Å²) in [6, 6.07) is -1.11. The van der Waals surface area contributed by atoms with Crippen LogP contribution in [0.4, 0.5) is 0 Å². The van der Waals surface area contributed by atoms with Crippen molar-refractivity contribution in [2.75, 3.05) is 7.05 Å². The molecule has 0 aromatic heterocycles. The van der Waals surface area contributed by atoms with Crippen molar-refractivity contribution in [3.8, 4) is 0 Å². The van der Waals surface area contributed by atoms with Gasteiger partial charge in [0.1, 0.15) is 6.04 Å². The molecule has 100 valence electrons. The number of nitrogens with one attached hydrogen (secondary N) is 2. The van der Waals surface area contributed by atoms with Gasteiger partial charge in [0.15, 0.2) is 0 Å². The van der Waals surface area contributed by atoms with E-state index < -0.39 is 12.1 Å². The molecule has 2 amide bonds. The lowest BCUT2D eigenvalue weighted by molar-refractivity contribution is -0.131. The van der Waals surface area contributed by atoms with Gasteiger partial charge in [-0.05, 0) is 11.8 Å². The summed E-state index contributed by atoms with van der Waals surface area (Å²) in [5.74, 6) is -0.468. The molecule has 0 aromatic rings. The predicted octanol–water partition coefficient (Wildman–Crippen LogP) is 0.391. The van der Waals surface area contributed by atoms with Crippen LogP contribution < -0.4 is 16.4 Å². The number of nitrogens with two attached hydrogens (primary N) is 1. The summed E-state index contributed by atoms with van der Waals surface area (Å²) in [7, 11) is 1.55. The SMILES string of the molecule is CCC[C@H](N)C(=O)N[C@H](C(=O)NC)C(C)(C)C. The maximum Gasteiger partial charge on any atom is 0.242 e. The zero-order chi connectivity index (χ0) is 13.6. The van der Waals surface area contributed by atoms with Crippen molar-refractivity contribution in [2.45, 2.75) is 52.6 Å². The normalized spacial score (nSPS) is 14.9. The average molecular weight is 243 g/mol. The molecule has 0 aromatic carbocycles. The molecule has 4 N–H and O–H groups in total. The Morgan fingerprint density at radius 1 is 1.24 bits per heavy atom. The van der Waals surface area contributed by atoms with Gasteiger partial charge in [-0.2, -0.15) is 0 Å². The van der Waals surface area contributed by atoms with E-state index in [0.717, 1.165) is 6.42 Å². The number of carbonyl (C=O) groups excluding carboxylic acids is 2. The Balaban J connectivity index is 4.66. The lowest BCUT2D eigenvalue weighted by atomic mass is 9.86. The Morgan fingerprint density at radius 2 is 1.76 bits per heavy atom. The zero-order valence-corrected chi connectivity index (χ0v) is 11.5. The van der Waals surface area contributed by atoms with E-state index in [1.807, 2.05) is 27.7 Å². The van der Waals surface area contributed by atoms with Crippen molar-refractivity contribution in [3.63, 3.8) is 0 Å². The van der Waals surface area contributed by atoms with E-state index in [1.54, 1.807) is 7.05 Å². The second-order valence-electron chi connectivity index (χ2n) is 5.32. The van der Waals surface area contributed by atoms with Gasteiger partial charge in [0.2, 0.25) is 11.8 Å². The van der Waals surface area contributed by atoms with Crippen molar-refractivity contribution in [1.82, 2.24) is 10.6 Å². The van der Waals surface area contributed by atoms with Gasteiger partial charge in [-0.3, -0.25) is 9.59 Å². The van der Waals surface area contributed by atoms with Crippen LogP contribution in [0.25, 0.3) is 0 Å². The summed E-state index contributed by atoms with van der Waals surface area (Å²) in [6.07, 6.45) is 1.46. The van der Waals surface area contributed by atoms with Crippen LogP contribution in [0.15, 0.2) is 0 Å². The molecule has 17 heavy (non-hydrogen) atoms. The number of likely N-dealkylation sites (N-methyl/N-ethyl adjacent to an activating group) is 1. The molecule has 0 heterocycles. The molecule has 2 atom stereocenters. The number of carbonyl (C=O) groups is 2. The van der Waals surface area contributed by atoms with Gasteiger partial charge in [-0.15, -0.1) is 0 Å². The standard InChI is InChI=1S/C12H25N3O2/c1-6-7-8(13)10(16)15-9(11(17)14-5)12(2,3)4/h8-9H,6-7,13H2,1-5H3,(H,14,17)(H,15,16)/t8-,9+/m0/s1. The first kappa shape index (κ1) is 15.9. The number of hydrogen-bond donors (Lipinski definition) is 3. The van der Waals surface area contributed by atoms with Crippen LogP contribution in [0.1, 0.15) is 40.5 Å². The molecule has 0 aliphatic carbocycles. The first-order valence-electron chi connectivity index (χ1n) is 6.01. The Kier molecular flexibility index (Phi) is 6.16. The minimum absolute atomic E-state index is 0.199. The van der Waals surface area contributed by atoms with Gasteiger partial charge in [0, 0.05) is 7.05 Å². The molecule has 0 aliphatic rings. The smallest absolute Gasteiger partial charge is 0.242 e. The van der Waals surface area contributed by atoms with Crippen LogP contribution in [-0.4, -0.2) is 30.9 Å². The molecule has 0 fully saturated rings. The molecular formula is C12H25N3O2. The van der Waals surface area contributed by atoms with Crippen LogP contribution in [0, 0.1) is 5.41 Å². The lowest BCUT2D eigenvalue weighted by Gasteiger charge is -2.30. The number of amides is 2. The summed E-state index contributed by atoms with van der Waals surface area (Å²) >= 11 is 0. The fourth-order valence-corrected chi connectivity index (χ4v) is 1.51. The van der Waals surface area contributed by atoms with E-state index in [1.165, 1.54) is 0 Å². The van der Waals surface area contributed by atoms with Gasteiger partial charge in [0.25, 0.3) is 0 Å². The minimum Gasteiger partial charge on any atom is -0.357 e. The Bertz CT molecular complexity index is 271. The molecule has 0 aliphatic heterocycles. The molecule has 0 saturated heterocycles. The van der Waals surface area contributed by atoms with E-state index in [4.69, 9.17) is 5.73 Å². The summed E-state index contributed by atoms with van der Waals surface area (Å²) in [4.78, 5) is 23.5. The highest BCUT2D eigenvalue weighted by molar-refractivity contribution is 5.90. The van der Waals surface area contributed by atoms with Crippen molar-refractivity contribution >= 4 is 11.8 Å². The third kappa shape index (κ3) is 5.17. The third-order valence-corrected chi connectivity index (χ3v) is 2.60. The van der Waals surface area contributed by atoms with E-state index in [9.17, 15) is 9.59 Å². The largest absolute Gasteiger partial charge is 0.357 e. The Morgan fingerprint density at radius 3 is 2.12 bits per heavy atom. The maximum absolute atomic E-state index is 11.8. The van der Waals surface area contributed by atoms with E-state index >= 15 is 0 Å². The summed E-state index contributed by atoms with van der Waals surface area (Å²) in [5, 5.41) is 5.27. The van der Waals surface area contributed by atoms with Gasteiger partial charge >= 0.3 is 0 Å². The minimum atomic E-state index is -0.567. The monoisotopic (exact) mass is 243 g/mol. The van der Waals surface area contributed by atoms with Gasteiger partial charge in [0.05, 0.1) is 6.04 Å². The quantitative estimate of drug-likeness (QED) is 0.653. The van der Waals surface area contributed by atoms with Crippen LogP contribution in [-0.2, 0) is 9.59 Å². The van der Waals surface area contributed by atoms with Gasteiger partial charge < -0.3 is 16.4 Å². The van der Waals surface area contributed by atoms with Crippen LogP contribution in [0.5, 0.6) is 0 Å². The molecule has 5 heteroatoms. The van der Waals surface area contributed by atoms with E-state index in [0.29, 0.717) is 6.42 Å².